The van der Waals surface area contributed by atoms with Crippen molar-refractivity contribution in [1.29, 1.82) is 0 Å². The van der Waals surface area contributed by atoms with Gasteiger partial charge >= 0.3 is 0 Å². The average Bonchev–Trinajstić information content (AvgIpc) is 2.69. The van der Waals surface area contributed by atoms with E-state index in [1.807, 2.05) is 19.1 Å². The van der Waals surface area contributed by atoms with Crippen molar-refractivity contribution in [3.05, 3.63) is 59.4 Å². The van der Waals surface area contributed by atoms with Crippen LogP contribution in [0.2, 0.25) is 0 Å². The Hall–Kier alpha value is -1.90. The summed E-state index contributed by atoms with van der Waals surface area (Å²) in [5.74, 6) is -0.106. The van der Waals surface area contributed by atoms with Crippen molar-refractivity contribution < 1.29 is 17.6 Å². The number of nitrogens with zero attached hydrogens (tertiary/aromatic N) is 2. The number of rotatable bonds is 5. The standard InChI is InChI=1S/C20H23FN2O3S2/c1-15-3-4-16(2)19(13-15)28(25,26)23-11-9-22(10-12-23)20(24)14-27-18-7-5-17(21)6-8-18/h3-8,13H,9-12,14H2,1-2H3. The Labute approximate surface area is 169 Å². The van der Waals surface area contributed by atoms with Gasteiger partial charge in [0.2, 0.25) is 15.9 Å². The highest BCUT2D eigenvalue weighted by molar-refractivity contribution is 8.00. The van der Waals surface area contributed by atoms with Gasteiger partial charge in [0.05, 0.1) is 10.6 Å². The van der Waals surface area contributed by atoms with Gasteiger partial charge in [-0.2, -0.15) is 4.31 Å². The SMILES string of the molecule is Cc1ccc(C)c(S(=O)(=O)N2CCN(C(=O)CSc3ccc(F)cc3)CC2)c1. The van der Waals surface area contributed by atoms with Crippen molar-refractivity contribution in [2.75, 3.05) is 31.9 Å². The maximum absolute atomic E-state index is 13.0. The van der Waals surface area contributed by atoms with Crippen molar-refractivity contribution in [2.45, 2.75) is 23.6 Å². The molecule has 0 atom stereocenters. The number of benzene rings is 2. The molecule has 1 heterocycles. The third-order valence-electron chi connectivity index (χ3n) is 4.73. The molecular weight excluding hydrogens is 399 g/mol. The van der Waals surface area contributed by atoms with Gasteiger partial charge in [0, 0.05) is 31.1 Å². The number of carbonyl (C=O) groups excluding carboxylic acids is 1. The molecule has 0 unspecified atom stereocenters. The van der Waals surface area contributed by atoms with E-state index in [4.69, 9.17) is 0 Å². The zero-order valence-electron chi connectivity index (χ0n) is 15.9. The number of piperazine rings is 1. The Bertz CT molecular complexity index is 954. The molecule has 1 saturated heterocycles. The van der Waals surface area contributed by atoms with Crippen molar-refractivity contribution in [1.82, 2.24) is 9.21 Å². The minimum atomic E-state index is -3.57. The van der Waals surface area contributed by atoms with Crippen LogP contribution in [0.3, 0.4) is 0 Å². The molecule has 0 aromatic heterocycles. The Morgan fingerprint density at radius 1 is 1.04 bits per heavy atom. The molecule has 1 aliphatic heterocycles. The number of halogens is 1. The van der Waals surface area contributed by atoms with E-state index >= 15 is 0 Å². The molecule has 0 spiro atoms. The van der Waals surface area contributed by atoms with Crippen LogP contribution >= 0.6 is 11.8 Å². The zero-order valence-corrected chi connectivity index (χ0v) is 17.5. The lowest BCUT2D eigenvalue weighted by Gasteiger charge is -2.34. The predicted octanol–water partition coefficient (Wildman–Crippen LogP) is 3.07. The zero-order chi connectivity index (χ0) is 20.3. The molecule has 8 heteroatoms. The van der Waals surface area contributed by atoms with Gasteiger partial charge in [-0.15, -0.1) is 11.8 Å². The summed E-state index contributed by atoms with van der Waals surface area (Å²) in [5.41, 5.74) is 1.62. The summed E-state index contributed by atoms with van der Waals surface area (Å²) in [7, 11) is -3.57. The lowest BCUT2D eigenvalue weighted by atomic mass is 10.2. The van der Waals surface area contributed by atoms with E-state index in [2.05, 4.69) is 0 Å². The Kier molecular flexibility index (Phi) is 6.42. The number of carbonyl (C=O) groups is 1. The first kappa shape index (κ1) is 20.8. The minimum absolute atomic E-state index is 0.0434. The fourth-order valence-electron chi connectivity index (χ4n) is 3.07. The minimum Gasteiger partial charge on any atom is -0.339 e. The molecule has 150 valence electrons. The highest BCUT2D eigenvalue weighted by Crippen LogP contribution is 2.23. The van der Waals surface area contributed by atoms with Crippen molar-refractivity contribution in [2.24, 2.45) is 0 Å². The molecule has 2 aromatic rings. The van der Waals surface area contributed by atoms with Crippen LogP contribution in [0.15, 0.2) is 52.3 Å². The van der Waals surface area contributed by atoms with Crippen LogP contribution in [0.4, 0.5) is 4.39 Å². The summed E-state index contributed by atoms with van der Waals surface area (Å²) in [5, 5.41) is 0. The van der Waals surface area contributed by atoms with Crippen LogP contribution in [-0.2, 0) is 14.8 Å². The van der Waals surface area contributed by atoms with Gasteiger partial charge in [-0.05, 0) is 55.3 Å². The number of sulfonamides is 1. The molecule has 2 aromatic carbocycles. The van der Waals surface area contributed by atoms with Crippen LogP contribution < -0.4 is 0 Å². The van der Waals surface area contributed by atoms with E-state index in [0.717, 1.165) is 16.0 Å². The average molecular weight is 423 g/mol. The summed E-state index contributed by atoms with van der Waals surface area (Å²) in [6, 6.07) is 11.4. The molecule has 0 aliphatic carbocycles. The second-order valence-corrected chi connectivity index (χ2v) is 9.75. The molecule has 1 aliphatic rings. The first-order valence-electron chi connectivity index (χ1n) is 9.01. The number of hydrogen-bond donors (Lipinski definition) is 0. The van der Waals surface area contributed by atoms with Crippen molar-refractivity contribution in [3.63, 3.8) is 0 Å². The van der Waals surface area contributed by atoms with Crippen LogP contribution in [0.1, 0.15) is 11.1 Å². The maximum atomic E-state index is 13.0. The van der Waals surface area contributed by atoms with E-state index in [1.54, 1.807) is 30.0 Å². The topological polar surface area (TPSA) is 57.7 Å². The fourth-order valence-corrected chi connectivity index (χ4v) is 5.60. The molecule has 0 radical (unpaired) electrons. The van der Waals surface area contributed by atoms with E-state index in [0.29, 0.717) is 18.0 Å². The molecule has 1 fully saturated rings. The molecule has 0 saturated carbocycles. The monoisotopic (exact) mass is 422 g/mol. The van der Waals surface area contributed by atoms with Crippen LogP contribution in [0, 0.1) is 19.7 Å². The largest absolute Gasteiger partial charge is 0.339 e. The Balaban J connectivity index is 1.58. The first-order valence-corrected chi connectivity index (χ1v) is 11.4. The predicted molar refractivity (Wildman–Crippen MR) is 108 cm³/mol. The normalized spacial score (nSPS) is 15.6. The lowest BCUT2D eigenvalue weighted by Crippen LogP contribution is -2.51. The molecule has 0 N–H and O–H groups in total. The molecule has 3 rings (SSSR count). The van der Waals surface area contributed by atoms with Crippen molar-refractivity contribution >= 4 is 27.7 Å². The molecule has 1 amide bonds. The summed E-state index contributed by atoms with van der Waals surface area (Å²) < 4.78 is 40.3. The second-order valence-electron chi connectivity index (χ2n) is 6.80. The van der Waals surface area contributed by atoms with Gasteiger partial charge in [-0.25, -0.2) is 12.8 Å². The van der Waals surface area contributed by atoms with Crippen LogP contribution in [0.25, 0.3) is 0 Å². The third-order valence-corrected chi connectivity index (χ3v) is 7.77. The Morgan fingerprint density at radius 3 is 2.32 bits per heavy atom. The molecule has 28 heavy (non-hydrogen) atoms. The van der Waals surface area contributed by atoms with Gasteiger partial charge < -0.3 is 4.90 Å². The summed E-state index contributed by atoms with van der Waals surface area (Å²) in [6.45, 7) is 4.96. The van der Waals surface area contributed by atoms with E-state index in [1.165, 1.54) is 28.2 Å². The van der Waals surface area contributed by atoms with Gasteiger partial charge in [-0.1, -0.05) is 12.1 Å². The number of thioether (sulfide) groups is 1. The molecular formula is C20H23FN2O3S2. The van der Waals surface area contributed by atoms with Crippen molar-refractivity contribution in [3.8, 4) is 0 Å². The van der Waals surface area contributed by atoms with Gasteiger partial charge in [0.15, 0.2) is 0 Å². The second kappa shape index (κ2) is 8.63. The molecule has 5 nitrogen and oxygen atoms in total. The van der Waals surface area contributed by atoms with Gasteiger partial charge in [0.25, 0.3) is 0 Å². The fraction of sp³-hybridized carbons (Fsp3) is 0.350. The smallest absolute Gasteiger partial charge is 0.243 e. The summed E-state index contributed by atoms with van der Waals surface area (Å²) >= 11 is 1.35. The quantitative estimate of drug-likeness (QED) is 0.695. The third kappa shape index (κ3) is 4.74. The molecule has 0 bridgehead atoms. The number of amides is 1. The first-order chi connectivity index (χ1) is 13.3. The van der Waals surface area contributed by atoms with Crippen LogP contribution in [-0.4, -0.2) is 55.5 Å². The summed E-state index contributed by atoms with van der Waals surface area (Å²) in [4.78, 5) is 15.3. The van der Waals surface area contributed by atoms with Gasteiger partial charge in [0.1, 0.15) is 5.82 Å². The van der Waals surface area contributed by atoms with E-state index in [-0.39, 0.29) is 30.6 Å². The highest BCUT2D eigenvalue weighted by Gasteiger charge is 2.31. The summed E-state index contributed by atoms with van der Waals surface area (Å²) in [6.07, 6.45) is 0. The highest BCUT2D eigenvalue weighted by atomic mass is 32.2. The van der Waals surface area contributed by atoms with E-state index < -0.39 is 10.0 Å². The lowest BCUT2D eigenvalue weighted by molar-refractivity contribution is -0.129. The number of hydrogen-bond acceptors (Lipinski definition) is 4. The Morgan fingerprint density at radius 2 is 1.68 bits per heavy atom. The van der Waals surface area contributed by atoms with Gasteiger partial charge in [-0.3, -0.25) is 4.79 Å². The van der Waals surface area contributed by atoms with Crippen LogP contribution in [0.5, 0.6) is 0 Å². The van der Waals surface area contributed by atoms with E-state index in [9.17, 15) is 17.6 Å². The maximum Gasteiger partial charge on any atom is 0.243 e. The number of aryl methyl sites for hydroxylation is 2.